The van der Waals surface area contributed by atoms with E-state index in [0.29, 0.717) is 29.0 Å². The first-order valence-corrected chi connectivity index (χ1v) is 10.4. The zero-order valence-corrected chi connectivity index (χ0v) is 15.4. The largest absolute Gasteiger partial charge is 0.345 e. The predicted octanol–water partition coefficient (Wildman–Crippen LogP) is 2.58. The van der Waals surface area contributed by atoms with Crippen molar-refractivity contribution in [2.45, 2.75) is 23.9 Å². The molecule has 1 aliphatic rings. The first-order chi connectivity index (χ1) is 13.0. The minimum absolute atomic E-state index is 0.0395. The summed E-state index contributed by atoms with van der Waals surface area (Å²) in [6.45, 7) is 0.642. The van der Waals surface area contributed by atoms with Crippen LogP contribution in [-0.4, -0.2) is 29.9 Å². The van der Waals surface area contributed by atoms with E-state index in [4.69, 9.17) is 0 Å². The van der Waals surface area contributed by atoms with Crippen molar-refractivity contribution in [2.24, 2.45) is 0 Å². The van der Waals surface area contributed by atoms with E-state index in [0.717, 1.165) is 5.56 Å². The van der Waals surface area contributed by atoms with Gasteiger partial charge < -0.3 is 5.32 Å². The molecule has 0 fully saturated rings. The second kappa shape index (κ2) is 7.00. The molecule has 0 bridgehead atoms. The Labute approximate surface area is 157 Å². The molecule has 0 radical (unpaired) electrons. The molecule has 2 heterocycles. The van der Waals surface area contributed by atoms with Crippen LogP contribution in [0.1, 0.15) is 33.9 Å². The lowest BCUT2D eigenvalue weighted by atomic mass is 10.0. The molecule has 6 nitrogen and oxygen atoms in total. The first-order valence-electron chi connectivity index (χ1n) is 8.72. The number of hydrogen-bond donors (Lipinski definition) is 1. The number of carbonyl (C=O) groups excluding carboxylic acids is 1. The molecule has 4 rings (SSSR count). The Kier molecular flexibility index (Phi) is 4.53. The molecule has 0 saturated heterocycles. The maximum Gasteiger partial charge on any atom is 0.251 e. The minimum Gasteiger partial charge on any atom is -0.345 e. The molecular formula is C20H19N3O3S. The van der Waals surface area contributed by atoms with Crippen molar-refractivity contribution in [2.75, 3.05) is 5.75 Å². The normalized spacial score (nSPS) is 17.9. The quantitative estimate of drug-likeness (QED) is 0.753. The summed E-state index contributed by atoms with van der Waals surface area (Å²) >= 11 is 0. The molecule has 138 valence electrons. The fourth-order valence-corrected chi connectivity index (χ4v) is 4.95. The van der Waals surface area contributed by atoms with E-state index in [9.17, 15) is 13.2 Å². The average Bonchev–Trinajstić information content (AvgIpc) is 3.18. The summed E-state index contributed by atoms with van der Waals surface area (Å²) in [7, 11) is -3.27. The summed E-state index contributed by atoms with van der Waals surface area (Å²) in [5, 5.41) is 7.14. The number of amides is 1. The van der Waals surface area contributed by atoms with Gasteiger partial charge in [-0.3, -0.25) is 9.48 Å². The summed E-state index contributed by atoms with van der Waals surface area (Å²) in [6, 6.07) is 15.8. The van der Waals surface area contributed by atoms with Gasteiger partial charge in [-0.1, -0.05) is 30.3 Å². The van der Waals surface area contributed by atoms with E-state index in [1.807, 2.05) is 29.1 Å². The molecule has 1 N–H and O–H groups in total. The highest BCUT2D eigenvalue weighted by Gasteiger charge is 2.30. The SMILES string of the molecule is O=C(N[C@@H]1CCS(=O)(=O)c2ccccc21)c1ccc(Cn2cccn2)cc1. The van der Waals surface area contributed by atoms with E-state index in [2.05, 4.69) is 10.4 Å². The highest BCUT2D eigenvalue weighted by atomic mass is 32.2. The minimum atomic E-state index is -3.27. The van der Waals surface area contributed by atoms with Crippen LogP contribution in [0.2, 0.25) is 0 Å². The number of aromatic nitrogens is 2. The molecule has 3 aromatic rings. The van der Waals surface area contributed by atoms with Gasteiger partial charge in [0.2, 0.25) is 0 Å². The Bertz CT molecular complexity index is 1060. The molecular weight excluding hydrogens is 362 g/mol. The van der Waals surface area contributed by atoms with Crippen LogP contribution in [0, 0.1) is 0 Å². The molecule has 27 heavy (non-hydrogen) atoms. The fourth-order valence-electron chi connectivity index (χ4n) is 3.32. The van der Waals surface area contributed by atoms with Crippen LogP contribution in [0.15, 0.2) is 71.9 Å². The van der Waals surface area contributed by atoms with Gasteiger partial charge in [-0.25, -0.2) is 8.42 Å². The average molecular weight is 381 g/mol. The summed E-state index contributed by atoms with van der Waals surface area (Å²) in [6.07, 6.45) is 3.99. The Balaban J connectivity index is 1.49. The molecule has 0 unspecified atom stereocenters. The number of carbonyl (C=O) groups is 1. The van der Waals surface area contributed by atoms with E-state index in [1.165, 1.54) is 0 Å². The second-order valence-electron chi connectivity index (χ2n) is 6.57. The van der Waals surface area contributed by atoms with E-state index in [-0.39, 0.29) is 17.7 Å². The lowest BCUT2D eigenvalue weighted by Crippen LogP contribution is -2.33. The smallest absolute Gasteiger partial charge is 0.251 e. The van der Waals surface area contributed by atoms with Gasteiger partial charge in [-0.2, -0.15) is 5.10 Å². The lowest BCUT2D eigenvalue weighted by molar-refractivity contribution is 0.0934. The molecule has 2 aromatic carbocycles. The van der Waals surface area contributed by atoms with Gasteiger partial charge in [0, 0.05) is 18.0 Å². The van der Waals surface area contributed by atoms with E-state index >= 15 is 0 Å². The molecule has 7 heteroatoms. The first kappa shape index (κ1) is 17.5. The van der Waals surface area contributed by atoms with Crippen molar-refractivity contribution < 1.29 is 13.2 Å². The van der Waals surface area contributed by atoms with Crippen LogP contribution >= 0.6 is 0 Å². The van der Waals surface area contributed by atoms with E-state index < -0.39 is 9.84 Å². The molecule has 1 amide bonds. The summed E-state index contributed by atoms with van der Waals surface area (Å²) < 4.78 is 26.3. The van der Waals surface area contributed by atoms with Crippen LogP contribution in [0.3, 0.4) is 0 Å². The van der Waals surface area contributed by atoms with Gasteiger partial charge in [0.05, 0.1) is 23.2 Å². The van der Waals surface area contributed by atoms with Crippen LogP contribution in [0.5, 0.6) is 0 Å². The third-order valence-electron chi connectivity index (χ3n) is 4.73. The van der Waals surface area contributed by atoms with Gasteiger partial charge in [0.25, 0.3) is 5.91 Å². The summed E-state index contributed by atoms with van der Waals surface area (Å²) in [5.74, 6) is -0.169. The topological polar surface area (TPSA) is 81.1 Å². The highest BCUT2D eigenvalue weighted by molar-refractivity contribution is 7.91. The molecule has 0 spiro atoms. The Morgan fingerprint density at radius 1 is 1.11 bits per heavy atom. The lowest BCUT2D eigenvalue weighted by Gasteiger charge is -2.26. The van der Waals surface area contributed by atoms with Crippen molar-refractivity contribution in [3.8, 4) is 0 Å². The number of sulfone groups is 1. The van der Waals surface area contributed by atoms with Gasteiger partial charge in [-0.05, 0) is 41.8 Å². The second-order valence-corrected chi connectivity index (χ2v) is 8.65. The zero-order valence-electron chi connectivity index (χ0n) is 14.6. The summed E-state index contributed by atoms with van der Waals surface area (Å²) in [4.78, 5) is 13.0. The third kappa shape index (κ3) is 3.64. The van der Waals surface area contributed by atoms with Gasteiger partial charge >= 0.3 is 0 Å². The Morgan fingerprint density at radius 2 is 1.89 bits per heavy atom. The molecule has 1 aromatic heterocycles. The molecule has 1 aliphatic heterocycles. The van der Waals surface area contributed by atoms with Gasteiger partial charge in [-0.15, -0.1) is 0 Å². The monoisotopic (exact) mass is 381 g/mol. The van der Waals surface area contributed by atoms with Crippen molar-refractivity contribution >= 4 is 15.7 Å². The van der Waals surface area contributed by atoms with Crippen LogP contribution in [-0.2, 0) is 16.4 Å². The van der Waals surface area contributed by atoms with Crippen LogP contribution in [0.4, 0.5) is 0 Å². The van der Waals surface area contributed by atoms with E-state index in [1.54, 1.807) is 42.6 Å². The predicted molar refractivity (Wildman–Crippen MR) is 101 cm³/mol. The van der Waals surface area contributed by atoms with Crippen molar-refractivity contribution in [1.29, 1.82) is 0 Å². The maximum atomic E-state index is 12.6. The molecule has 0 saturated carbocycles. The number of benzene rings is 2. The van der Waals surface area contributed by atoms with Gasteiger partial charge in [0.1, 0.15) is 0 Å². The zero-order chi connectivity index (χ0) is 18.9. The van der Waals surface area contributed by atoms with Crippen molar-refractivity contribution in [3.05, 3.63) is 83.7 Å². The maximum absolute atomic E-state index is 12.6. The number of rotatable bonds is 4. The van der Waals surface area contributed by atoms with Crippen LogP contribution in [0.25, 0.3) is 0 Å². The Hall–Kier alpha value is -2.93. The van der Waals surface area contributed by atoms with Crippen molar-refractivity contribution in [3.63, 3.8) is 0 Å². The highest BCUT2D eigenvalue weighted by Crippen LogP contribution is 2.32. The molecule has 0 aliphatic carbocycles. The molecule has 1 atom stereocenters. The van der Waals surface area contributed by atoms with Crippen LogP contribution < -0.4 is 5.32 Å². The number of fused-ring (bicyclic) bond motifs is 1. The number of hydrogen-bond acceptors (Lipinski definition) is 4. The van der Waals surface area contributed by atoms with Gasteiger partial charge in [0.15, 0.2) is 9.84 Å². The number of nitrogens with one attached hydrogen (secondary N) is 1. The summed E-state index contributed by atoms with van der Waals surface area (Å²) in [5.41, 5.74) is 2.25. The van der Waals surface area contributed by atoms with Crippen molar-refractivity contribution in [1.82, 2.24) is 15.1 Å². The standard InChI is InChI=1S/C20H19N3O3S/c24-20(16-8-6-15(7-9-16)14-23-12-3-11-21-23)22-18-10-13-27(25,26)19-5-2-1-4-17(18)19/h1-9,11-12,18H,10,13-14H2,(H,22,24)/t18-/m1/s1. The Morgan fingerprint density at radius 3 is 2.63 bits per heavy atom. The number of nitrogens with zero attached hydrogens (tertiary/aromatic N) is 2. The fraction of sp³-hybridized carbons (Fsp3) is 0.200. The third-order valence-corrected chi connectivity index (χ3v) is 6.55.